The second-order valence-electron chi connectivity index (χ2n) is 3.87. The van der Waals surface area contributed by atoms with Crippen LogP contribution in [0.25, 0.3) is 0 Å². The van der Waals surface area contributed by atoms with E-state index < -0.39 is 0 Å². The zero-order valence-corrected chi connectivity index (χ0v) is 10.5. The summed E-state index contributed by atoms with van der Waals surface area (Å²) in [6, 6.07) is 7.35. The first-order valence-corrected chi connectivity index (χ1v) is 5.95. The first kappa shape index (κ1) is 14.2. The van der Waals surface area contributed by atoms with Crippen LogP contribution >= 0.6 is 0 Å². The summed E-state index contributed by atoms with van der Waals surface area (Å²) < 4.78 is 0. The molecule has 0 spiro atoms. The van der Waals surface area contributed by atoms with Gasteiger partial charge in [0.25, 0.3) is 5.91 Å². The third-order valence-corrected chi connectivity index (χ3v) is 2.59. The maximum Gasteiger partial charge on any atom is 0.251 e. The number of hydrogen-bond donors (Lipinski definition) is 3. The van der Waals surface area contributed by atoms with E-state index in [1.807, 2.05) is 18.2 Å². The summed E-state index contributed by atoms with van der Waals surface area (Å²) >= 11 is 0. The summed E-state index contributed by atoms with van der Waals surface area (Å²) in [5.41, 5.74) is 7.06. The van der Waals surface area contributed by atoms with Gasteiger partial charge in [-0.2, -0.15) is 0 Å². The van der Waals surface area contributed by atoms with Crippen LogP contribution in [0.15, 0.2) is 24.3 Å². The van der Waals surface area contributed by atoms with Gasteiger partial charge in [-0.3, -0.25) is 9.59 Å². The van der Waals surface area contributed by atoms with Crippen LogP contribution in [0.2, 0.25) is 0 Å². The fourth-order valence-corrected chi connectivity index (χ4v) is 1.63. The van der Waals surface area contributed by atoms with Crippen molar-refractivity contribution in [2.24, 2.45) is 5.73 Å². The third-order valence-electron chi connectivity index (χ3n) is 2.59. The molecule has 0 atom stereocenters. The van der Waals surface area contributed by atoms with Crippen molar-refractivity contribution >= 4 is 11.8 Å². The molecule has 1 aromatic rings. The van der Waals surface area contributed by atoms with Crippen molar-refractivity contribution in [1.82, 2.24) is 10.6 Å². The number of hydrogen-bond acceptors (Lipinski definition) is 3. The number of rotatable bonds is 6. The highest BCUT2D eigenvalue weighted by Crippen LogP contribution is 2.08. The van der Waals surface area contributed by atoms with Crippen LogP contribution < -0.4 is 16.4 Å². The zero-order chi connectivity index (χ0) is 13.4. The molecule has 0 aromatic heterocycles. The summed E-state index contributed by atoms with van der Waals surface area (Å²) in [5, 5.41) is 5.23. The molecule has 0 aliphatic heterocycles. The maximum absolute atomic E-state index is 11.9. The van der Waals surface area contributed by atoms with Gasteiger partial charge in [0.1, 0.15) is 0 Å². The highest BCUT2D eigenvalue weighted by molar-refractivity contribution is 5.95. The Hall–Kier alpha value is -1.88. The van der Waals surface area contributed by atoms with Crippen molar-refractivity contribution in [2.75, 3.05) is 20.1 Å². The molecule has 4 N–H and O–H groups in total. The molecule has 0 bridgehead atoms. The molecule has 98 valence electrons. The normalized spacial score (nSPS) is 9.89. The van der Waals surface area contributed by atoms with Gasteiger partial charge in [0.2, 0.25) is 5.91 Å². The molecule has 0 unspecified atom stereocenters. The lowest BCUT2D eigenvalue weighted by molar-refractivity contribution is -0.120. The van der Waals surface area contributed by atoms with Crippen molar-refractivity contribution in [1.29, 1.82) is 0 Å². The molecule has 0 aliphatic rings. The summed E-state index contributed by atoms with van der Waals surface area (Å²) in [5.74, 6) is -0.256. The smallest absolute Gasteiger partial charge is 0.251 e. The highest BCUT2D eigenvalue weighted by atomic mass is 16.2. The second-order valence-corrected chi connectivity index (χ2v) is 3.87. The van der Waals surface area contributed by atoms with E-state index in [1.54, 1.807) is 13.1 Å². The molecule has 0 saturated carbocycles. The summed E-state index contributed by atoms with van der Waals surface area (Å²) in [6.07, 6.45) is 0.945. The molecule has 18 heavy (non-hydrogen) atoms. The molecular formula is C13H19N3O2. The first-order valence-electron chi connectivity index (χ1n) is 5.95. The van der Waals surface area contributed by atoms with Crippen LogP contribution in [0.3, 0.4) is 0 Å². The number of nitrogens with two attached hydrogens (primary N) is 1. The number of benzene rings is 1. The average Bonchev–Trinajstić information content (AvgIpc) is 2.39. The van der Waals surface area contributed by atoms with Gasteiger partial charge in [0, 0.05) is 25.6 Å². The second kappa shape index (κ2) is 7.45. The molecule has 1 rings (SSSR count). The molecule has 2 amide bonds. The Bertz CT molecular complexity index is 418. The molecular weight excluding hydrogens is 230 g/mol. The number of carbonyl (C=O) groups is 2. The predicted molar refractivity (Wildman–Crippen MR) is 70.2 cm³/mol. The number of nitrogens with one attached hydrogen (secondary N) is 2. The maximum atomic E-state index is 11.9. The monoisotopic (exact) mass is 249 g/mol. The van der Waals surface area contributed by atoms with Gasteiger partial charge in [0.05, 0.1) is 0 Å². The number of amides is 2. The van der Waals surface area contributed by atoms with E-state index in [9.17, 15) is 9.59 Å². The van der Waals surface area contributed by atoms with Crippen LogP contribution in [0.1, 0.15) is 22.3 Å². The van der Waals surface area contributed by atoms with Crippen LogP contribution in [0.5, 0.6) is 0 Å². The molecule has 0 radical (unpaired) electrons. The first-order chi connectivity index (χ1) is 8.69. The minimum Gasteiger partial charge on any atom is -0.359 e. The van der Waals surface area contributed by atoms with E-state index >= 15 is 0 Å². The van der Waals surface area contributed by atoms with E-state index in [-0.39, 0.29) is 18.2 Å². The van der Waals surface area contributed by atoms with Gasteiger partial charge in [-0.25, -0.2) is 0 Å². The molecule has 1 aromatic carbocycles. The lowest BCUT2D eigenvalue weighted by atomic mass is 10.0. The van der Waals surface area contributed by atoms with E-state index in [0.29, 0.717) is 25.1 Å². The van der Waals surface area contributed by atoms with Crippen molar-refractivity contribution in [3.05, 3.63) is 35.4 Å². The molecule has 5 heteroatoms. The largest absolute Gasteiger partial charge is 0.359 e. The van der Waals surface area contributed by atoms with Crippen molar-refractivity contribution < 1.29 is 9.59 Å². The van der Waals surface area contributed by atoms with Crippen LogP contribution in [-0.4, -0.2) is 32.0 Å². The highest BCUT2D eigenvalue weighted by Gasteiger charge is 2.10. The van der Waals surface area contributed by atoms with Gasteiger partial charge in [-0.05, 0) is 24.6 Å². The molecule has 0 heterocycles. The van der Waals surface area contributed by atoms with Crippen LogP contribution in [0, 0.1) is 0 Å². The Labute approximate surface area is 107 Å². The Morgan fingerprint density at radius 1 is 1.28 bits per heavy atom. The SMILES string of the molecule is CNC(=O)CCNC(=O)c1ccccc1CCN. The summed E-state index contributed by atoms with van der Waals surface area (Å²) in [6.45, 7) is 0.831. The van der Waals surface area contributed by atoms with Gasteiger partial charge >= 0.3 is 0 Å². The molecule has 0 fully saturated rings. The fraction of sp³-hybridized carbons (Fsp3) is 0.385. The van der Waals surface area contributed by atoms with E-state index in [4.69, 9.17) is 5.73 Å². The van der Waals surface area contributed by atoms with E-state index in [0.717, 1.165) is 5.56 Å². The predicted octanol–water partition coefficient (Wildman–Crippen LogP) is 0.0537. The lowest BCUT2D eigenvalue weighted by Gasteiger charge is -2.09. The van der Waals surface area contributed by atoms with Gasteiger partial charge in [-0.1, -0.05) is 18.2 Å². The average molecular weight is 249 g/mol. The van der Waals surface area contributed by atoms with Crippen LogP contribution in [0.4, 0.5) is 0 Å². The lowest BCUT2D eigenvalue weighted by Crippen LogP contribution is -2.29. The minimum absolute atomic E-state index is 0.0921. The van der Waals surface area contributed by atoms with E-state index in [2.05, 4.69) is 10.6 Å². The van der Waals surface area contributed by atoms with E-state index in [1.165, 1.54) is 0 Å². The van der Waals surface area contributed by atoms with Crippen molar-refractivity contribution in [3.63, 3.8) is 0 Å². The Morgan fingerprint density at radius 3 is 2.67 bits per heavy atom. The minimum atomic E-state index is -0.164. The van der Waals surface area contributed by atoms with Crippen molar-refractivity contribution in [2.45, 2.75) is 12.8 Å². The molecule has 0 saturated heterocycles. The molecule has 5 nitrogen and oxygen atoms in total. The Balaban J connectivity index is 2.58. The topological polar surface area (TPSA) is 84.2 Å². The fourth-order valence-electron chi connectivity index (χ4n) is 1.63. The van der Waals surface area contributed by atoms with Crippen LogP contribution in [-0.2, 0) is 11.2 Å². The van der Waals surface area contributed by atoms with Gasteiger partial charge < -0.3 is 16.4 Å². The quantitative estimate of drug-likeness (QED) is 0.666. The summed E-state index contributed by atoms with van der Waals surface area (Å²) in [4.78, 5) is 22.9. The standard InChI is InChI=1S/C13H19N3O2/c1-15-12(17)7-9-16-13(18)11-5-3-2-4-10(11)6-8-14/h2-5H,6-9,14H2,1H3,(H,15,17)(H,16,18). The number of carbonyl (C=O) groups excluding carboxylic acids is 2. The third kappa shape index (κ3) is 4.18. The molecule has 0 aliphatic carbocycles. The zero-order valence-electron chi connectivity index (χ0n) is 10.5. The van der Waals surface area contributed by atoms with Gasteiger partial charge in [0.15, 0.2) is 0 Å². The Kier molecular flexibility index (Phi) is 5.87. The summed E-state index contributed by atoms with van der Waals surface area (Å²) in [7, 11) is 1.57. The van der Waals surface area contributed by atoms with Crippen molar-refractivity contribution in [3.8, 4) is 0 Å². The van der Waals surface area contributed by atoms with Gasteiger partial charge in [-0.15, -0.1) is 0 Å². The Morgan fingerprint density at radius 2 is 2.00 bits per heavy atom.